The lowest BCUT2D eigenvalue weighted by Gasteiger charge is -2.34. The summed E-state index contributed by atoms with van der Waals surface area (Å²) in [5.41, 5.74) is 3.57. The number of benzene rings is 1. The van der Waals surface area contributed by atoms with Gasteiger partial charge < -0.3 is 4.90 Å². The highest BCUT2D eigenvalue weighted by Crippen LogP contribution is 2.28. The zero-order valence-corrected chi connectivity index (χ0v) is 20.6. The summed E-state index contributed by atoms with van der Waals surface area (Å²) in [7, 11) is 0. The summed E-state index contributed by atoms with van der Waals surface area (Å²) in [5, 5.41) is 3.91. The molecule has 10 heteroatoms. The van der Waals surface area contributed by atoms with Crippen LogP contribution in [0.25, 0.3) is 4.96 Å². The minimum Gasteiger partial charge on any atom is -0.336 e. The van der Waals surface area contributed by atoms with E-state index in [4.69, 9.17) is 0 Å². The van der Waals surface area contributed by atoms with Gasteiger partial charge in [-0.05, 0) is 18.6 Å². The Hall–Kier alpha value is -2.53. The predicted octanol–water partition coefficient (Wildman–Crippen LogP) is 3.77. The van der Waals surface area contributed by atoms with E-state index in [1.807, 2.05) is 46.8 Å². The van der Waals surface area contributed by atoms with Crippen molar-refractivity contribution in [3.05, 3.63) is 80.2 Å². The molecule has 5 rings (SSSR count). The van der Waals surface area contributed by atoms with Crippen LogP contribution in [0.1, 0.15) is 27.3 Å². The van der Waals surface area contributed by atoms with Gasteiger partial charge in [0.15, 0.2) is 4.96 Å². The van der Waals surface area contributed by atoms with Crippen molar-refractivity contribution in [1.29, 1.82) is 0 Å². The third kappa shape index (κ3) is 5.03. The van der Waals surface area contributed by atoms with Gasteiger partial charge in [-0.3, -0.25) is 18.9 Å². The number of aryl methyl sites for hydroxylation is 1. The molecule has 4 aromatic rings. The molecule has 4 heterocycles. The van der Waals surface area contributed by atoms with Crippen molar-refractivity contribution in [2.24, 2.45) is 0 Å². The number of amides is 1. The van der Waals surface area contributed by atoms with Crippen molar-refractivity contribution in [2.75, 3.05) is 26.2 Å². The highest BCUT2D eigenvalue weighted by Gasteiger charge is 2.24. The number of nitrogens with zero attached hydrogens (tertiary/aromatic N) is 5. The average Bonchev–Trinajstić information content (AvgIpc) is 3.47. The molecule has 33 heavy (non-hydrogen) atoms. The lowest BCUT2D eigenvalue weighted by Crippen LogP contribution is -2.48. The van der Waals surface area contributed by atoms with Crippen LogP contribution in [0.3, 0.4) is 0 Å². The van der Waals surface area contributed by atoms with Crippen molar-refractivity contribution in [3.8, 4) is 0 Å². The molecule has 1 aromatic carbocycles. The maximum absolute atomic E-state index is 13.3. The van der Waals surface area contributed by atoms with Crippen LogP contribution in [-0.2, 0) is 12.3 Å². The highest BCUT2D eigenvalue weighted by molar-refractivity contribution is 8.00. The molecule has 1 aliphatic heterocycles. The van der Waals surface area contributed by atoms with Crippen LogP contribution >= 0.6 is 34.4 Å². The average molecular weight is 498 g/mol. The van der Waals surface area contributed by atoms with E-state index in [0.717, 1.165) is 45.7 Å². The summed E-state index contributed by atoms with van der Waals surface area (Å²) in [4.78, 5) is 39.5. The van der Waals surface area contributed by atoms with E-state index in [0.29, 0.717) is 24.6 Å². The number of fused-ring (bicyclic) bond motifs is 1. The molecule has 7 nitrogen and oxygen atoms in total. The Morgan fingerprint density at radius 1 is 1.12 bits per heavy atom. The second-order valence-corrected chi connectivity index (χ2v) is 10.9. The predicted molar refractivity (Wildman–Crippen MR) is 133 cm³/mol. The van der Waals surface area contributed by atoms with Crippen LogP contribution in [-0.4, -0.2) is 56.3 Å². The summed E-state index contributed by atoms with van der Waals surface area (Å²) in [6.07, 6.45) is 1.75. The number of carbonyl (C=O) groups is 1. The molecule has 0 atom stereocenters. The lowest BCUT2D eigenvalue weighted by atomic mass is 10.1. The minimum absolute atomic E-state index is 0.0487. The van der Waals surface area contributed by atoms with Crippen molar-refractivity contribution >= 4 is 45.3 Å². The summed E-state index contributed by atoms with van der Waals surface area (Å²) < 4.78 is 2.59. The second kappa shape index (κ2) is 9.76. The largest absolute Gasteiger partial charge is 0.336 e. The SMILES string of the molecule is Cc1csc(SCc2ccccc2C(=O)N2CCN(Cc3cc(=O)n4ccsc4n3)CC2)n1. The fourth-order valence-corrected chi connectivity index (χ4v) is 6.46. The zero-order valence-electron chi connectivity index (χ0n) is 18.1. The number of rotatable bonds is 6. The summed E-state index contributed by atoms with van der Waals surface area (Å²) >= 11 is 4.77. The standard InChI is InChI=1S/C23H23N5O2S3/c1-16-14-32-23(24-16)33-15-17-4-2-3-5-19(17)21(30)27-8-6-26(7-9-27)13-18-12-20(29)28-10-11-31-22(28)25-18/h2-5,10-12,14H,6-9,13,15H2,1H3. The molecular formula is C23H23N5O2S3. The van der Waals surface area contributed by atoms with Gasteiger partial charge >= 0.3 is 0 Å². The quantitative estimate of drug-likeness (QED) is 0.378. The van der Waals surface area contributed by atoms with Gasteiger partial charge in [-0.25, -0.2) is 9.97 Å². The second-order valence-electron chi connectivity index (χ2n) is 7.91. The van der Waals surface area contributed by atoms with E-state index in [2.05, 4.69) is 14.9 Å². The van der Waals surface area contributed by atoms with Crippen LogP contribution in [0.5, 0.6) is 0 Å². The van der Waals surface area contributed by atoms with Crippen LogP contribution in [0.2, 0.25) is 0 Å². The van der Waals surface area contributed by atoms with Gasteiger partial charge in [0, 0.05) is 72.8 Å². The smallest absolute Gasteiger partial charge is 0.258 e. The molecule has 0 unspecified atom stereocenters. The van der Waals surface area contributed by atoms with Crippen molar-refractivity contribution in [1.82, 2.24) is 24.2 Å². The van der Waals surface area contributed by atoms with Crippen LogP contribution in [0, 0.1) is 6.92 Å². The molecule has 0 saturated carbocycles. The molecule has 1 fully saturated rings. The van der Waals surface area contributed by atoms with Crippen LogP contribution < -0.4 is 5.56 Å². The molecule has 1 saturated heterocycles. The van der Waals surface area contributed by atoms with Crippen molar-refractivity contribution < 1.29 is 4.79 Å². The molecule has 0 radical (unpaired) electrons. The number of thioether (sulfide) groups is 1. The number of piperazine rings is 1. The molecule has 1 aliphatic rings. The van der Waals surface area contributed by atoms with E-state index in [9.17, 15) is 9.59 Å². The third-order valence-electron chi connectivity index (χ3n) is 5.60. The molecule has 0 N–H and O–H groups in total. The monoisotopic (exact) mass is 497 g/mol. The Bertz CT molecular complexity index is 1340. The fourth-order valence-electron chi connectivity index (χ4n) is 3.87. The topological polar surface area (TPSA) is 70.8 Å². The highest BCUT2D eigenvalue weighted by atomic mass is 32.2. The lowest BCUT2D eigenvalue weighted by molar-refractivity contribution is 0.0626. The first-order valence-corrected chi connectivity index (χ1v) is 13.4. The maximum atomic E-state index is 13.3. The first-order chi connectivity index (χ1) is 16.1. The number of carbonyl (C=O) groups excluding carboxylic acids is 1. The Morgan fingerprint density at radius 2 is 1.94 bits per heavy atom. The minimum atomic E-state index is -0.0487. The van der Waals surface area contributed by atoms with Gasteiger partial charge in [-0.1, -0.05) is 30.0 Å². The van der Waals surface area contributed by atoms with Crippen LogP contribution in [0.4, 0.5) is 0 Å². The van der Waals surface area contributed by atoms with E-state index in [1.165, 1.54) is 11.3 Å². The van der Waals surface area contributed by atoms with E-state index in [-0.39, 0.29) is 11.5 Å². The van der Waals surface area contributed by atoms with E-state index < -0.39 is 0 Å². The maximum Gasteiger partial charge on any atom is 0.258 e. The molecule has 1 amide bonds. The molecule has 0 bridgehead atoms. The van der Waals surface area contributed by atoms with Gasteiger partial charge in [0.2, 0.25) is 0 Å². The number of hydrogen-bond acceptors (Lipinski definition) is 8. The summed E-state index contributed by atoms with van der Waals surface area (Å²) in [6.45, 7) is 5.44. The number of thiazole rings is 2. The van der Waals surface area contributed by atoms with Gasteiger partial charge in [0.25, 0.3) is 11.5 Å². The molecule has 170 valence electrons. The zero-order chi connectivity index (χ0) is 22.8. The Balaban J connectivity index is 1.21. The Morgan fingerprint density at radius 3 is 2.73 bits per heavy atom. The molecule has 0 spiro atoms. The van der Waals surface area contributed by atoms with Gasteiger partial charge in [0.05, 0.1) is 5.69 Å². The Kier molecular flexibility index (Phi) is 6.59. The fraction of sp³-hybridized carbons (Fsp3) is 0.304. The van der Waals surface area contributed by atoms with Gasteiger partial charge in [-0.2, -0.15) is 0 Å². The summed E-state index contributed by atoms with van der Waals surface area (Å²) in [5.74, 6) is 0.805. The first kappa shape index (κ1) is 22.3. The number of aromatic nitrogens is 3. The van der Waals surface area contributed by atoms with E-state index in [1.54, 1.807) is 39.8 Å². The van der Waals surface area contributed by atoms with E-state index >= 15 is 0 Å². The van der Waals surface area contributed by atoms with Crippen molar-refractivity contribution in [3.63, 3.8) is 0 Å². The third-order valence-corrected chi connectivity index (χ3v) is 8.54. The molecular weight excluding hydrogens is 474 g/mol. The molecule has 3 aromatic heterocycles. The van der Waals surface area contributed by atoms with Crippen molar-refractivity contribution in [2.45, 2.75) is 23.6 Å². The summed E-state index contributed by atoms with van der Waals surface area (Å²) in [6, 6.07) is 9.47. The molecule has 0 aliphatic carbocycles. The van der Waals surface area contributed by atoms with Gasteiger partial charge in [0.1, 0.15) is 4.34 Å². The first-order valence-electron chi connectivity index (χ1n) is 10.7. The van der Waals surface area contributed by atoms with Crippen LogP contribution in [0.15, 0.2) is 56.4 Å². The normalized spacial score (nSPS) is 14.8. The number of hydrogen-bond donors (Lipinski definition) is 0. The Labute approximate surface area is 203 Å². The van der Waals surface area contributed by atoms with Gasteiger partial charge in [-0.15, -0.1) is 22.7 Å².